The Morgan fingerprint density at radius 3 is 2.31 bits per heavy atom. The van der Waals surface area contributed by atoms with Crippen molar-refractivity contribution in [3.8, 4) is 5.75 Å². The Balaban J connectivity index is 1.33. The maximum atomic E-state index is 13.1. The number of methoxy groups -OCH3 is 1. The summed E-state index contributed by atoms with van der Waals surface area (Å²) in [5, 5.41) is 5.01. The second kappa shape index (κ2) is 9.13. The number of carbonyl (C=O) groups is 1. The minimum absolute atomic E-state index is 0.0470. The highest BCUT2D eigenvalue weighted by Gasteiger charge is 2.30. The van der Waals surface area contributed by atoms with Crippen molar-refractivity contribution >= 4 is 26.8 Å². The highest BCUT2D eigenvalue weighted by Crippen LogP contribution is 2.22. The zero-order chi connectivity index (χ0) is 22.7. The van der Waals surface area contributed by atoms with Gasteiger partial charge in [-0.3, -0.25) is 0 Å². The number of benzene rings is 3. The van der Waals surface area contributed by atoms with Crippen molar-refractivity contribution in [3.63, 3.8) is 0 Å². The molecule has 0 unspecified atom stereocenters. The molecule has 168 valence electrons. The number of rotatable bonds is 5. The van der Waals surface area contributed by atoms with E-state index in [-0.39, 0.29) is 37.1 Å². The lowest BCUT2D eigenvalue weighted by molar-refractivity contribution is 0.172. The predicted octanol–water partition coefficient (Wildman–Crippen LogP) is 3.20. The fourth-order valence-electron chi connectivity index (χ4n) is 3.69. The first-order chi connectivity index (χ1) is 15.4. The van der Waals surface area contributed by atoms with Crippen LogP contribution in [0.5, 0.6) is 5.75 Å². The molecule has 3 aromatic carbocycles. The Labute approximate surface area is 186 Å². The van der Waals surface area contributed by atoms with Crippen molar-refractivity contribution < 1.29 is 22.3 Å². The van der Waals surface area contributed by atoms with Crippen LogP contribution in [0.1, 0.15) is 5.56 Å². The van der Waals surface area contributed by atoms with E-state index in [1.54, 1.807) is 12.0 Å². The molecular weight excluding hydrogens is 433 g/mol. The summed E-state index contributed by atoms with van der Waals surface area (Å²) >= 11 is 0. The van der Waals surface area contributed by atoms with Gasteiger partial charge in [-0.2, -0.15) is 4.31 Å². The van der Waals surface area contributed by atoms with Gasteiger partial charge < -0.3 is 15.0 Å². The molecule has 4 rings (SSSR count). The summed E-state index contributed by atoms with van der Waals surface area (Å²) in [6.45, 7) is 1.30. The maximum absolute atomic E-state index is 13.1. The lowest BCUT2D eigenvalue weighted by atomic mass is 10.1. The van der Waals surface area contributed by atoms with Gasteiger partial charge >= 0.3 is 6.03 Å². The van der Waals surface area contributed by atoms with Crippen LogP contribution in [-0.4, -0.2) is 56.9 Å². The number of hydrogen-bond acceptors (Lipinski definition) is 4. The third-order valence-electron chi connectivity index (χ3n) is 5.53. The molecule has 1 fully saturated rings. The molecule has 1 aliphatic rings. The zero-order valence-electron chi connectivity index (χ0n) is 17.6. The smallest absolute Gasteiger partial charge is 0.317 e. The molecule has 32 heavy (non-hydrogen) atoms. The first-order valence-corrected chi connectivity index (χ1v) is 11.7. The summed E-state index contributed by atoms with van der Waals surface area (Å²) < 4.78 is 45.1. The Kier molecular flexibility index (Phi) is 6.29. The molecule has 2 amide bonds. The molecule has 0 radical (unpaired) electrons. The molecule has 0 aromatic heterocycles. The van der Waals surface area contributed by atoms with E-state index < -0.39 is 15.8 Å². The Hall–Kier alpha value is -3.17. The molecule has 1 saturated heterocycles. The maximum Gasteiger partial charge on any atom is 0.317 e. The average molecular weight is 458 g/mol. The third kappa shape index (κ3) is 4.68. The van der Waals surface area contributed by atoms with Crippen molar-refractivity contribution in [1.29, 1.82) is 0 Å². The number of hydrogen-bond donors (Lipinski definition) is 1. The lowest BCUT2D eigenvalue weighted by Gasteiger charge is -2.34. The van der Waals surface area contributed by atoms with E-state index in [2.05, 4.69) is 5.32 Å². The van der Waals surface area contributed by atoms with Crippen molar-refractivity contribution in [1.82, 2.24) is 14.5 Å². The van der Waals surface area contributed by atoms with Gasteiger partial charge in [0.2, 0.25) is 10.0 Å². The third-order valence-corrected chi connectivity index (χ3v) is 7.45. The van der Waals surface area contributed by atoms with Crippen LogP contribution in [-0.2, 0) is 16.6 Å². The normalized spacial score (nSPS) is 15.0. The summed E-state index contributed by atoms with van der Waals surface area (Å²) in [5.41, 5.74) is 0.966. The van der Waals surface area contributed by atoms with Crippen molar-refractivity contribution in [2.75, 3.05) is 33.3 Å². The quantitative estimate of drug-likeness (QED) is 0.638. The zero-order valence-corrected chi connectivity index (χ0v) is 18.4. The number of urea groups is 1. The highest BCUT2D eigenvalue weighted by molar-refractivity contribution is 7.89. The second-order valence-electron chi connectivity index (χ2n) is 7.55. The molecule has 0 aliphatic carbocycles. The molecule has 3 aromatic rings. The first kappa shape index (κ1) is 22.0. The number of piperazine rings is 1. The minimum atomic E-state index is -3.71. The topological polar surface area (TPSA) is 79.0 Å². The van der Waals surface area contributed by atoms with Crippen molar-refractivity contribution in [2.45, 2.75) is 11.4 Å². The van der Waals surface area contributed by atoms with Gasteiger partial charge in [-0.15, -0.1) is 0 Å². The van der Waals surface area contributed by atoms with Gasteiger partial charge in [0.05, 0.1) is 12.0 Å². The van der Waals surface area contributed by atoms with Crippen LogP contribution in [0.3, 0.4) is 0 Å². The van der Waals surface area contributed by atoms with E-state index in [0.717, 1.165) is 34.2 Å². The predicted molar refractivity (Wildman–Crippen MR) is 119 cm³/mol. The number of fused-ring (bicyclic) bond motifs is 1. The van der Waals surface area contributed by atoms with Crippen molar-refractivity contribution in [3.05, 3.63) is 72.0 Å². The van der Waals surface area contributed by atoms with E-state index in [1.165, 1.54) is 16.4 Å². The molecule has 7 nitrogen and oxygen atoms in total. The number of amides is 2. The SMILES string of the molecule is COc1ccc2cc(CNC(=O)N3CCN(S(=O)(=O)c4ccc(F)cc4)CC3)ccc2c1. The van der Waals surface area contributed by atoms with E-state index in [0.29, 0.717) is 6.54 Å². The monoisotopic (exact) mass is 457 g/mol. The number of sulfonamides is 1. The largest absolute Gasteiger partial charge is 0.497 e. The van der Waals surface area contributed by atoms with Gasteiger partial charge in [0.15, 0.2) is 0 Å². The molecular formula is C23H24FN3O4S. The molecule has 1 aliphatic heterocycles. The second-order valence-corrected chi connectivity index (χ2v) is 9.49. The van der Waals surface area contributed by atoms with Gasteiger partial charge in [0.25, 0.3) is 0 Å². The minimum Gasteiger partial charge on any atom is -0.497 e. The summed E-state index contributed by atoms with van der Waals surface area (Å²) in [4.78, 5) is 14.2. The molecule has 0 bridgehead atoms. The molecule has 1 N–H and O–H groups in total. The number of carbonyl (C=O) groups excluding carboxylic acids is 1. The number of halogens is 1. The van der Waals surface area contributed by atoms with Crippen LogP contribution in [0.15, 0.2) is 65.6 Å². The van der Waals surface area contributed by atoms with Gasteiger partial charge in [0.1, 0.15) is 11.6 Å². The standard InChI is InChI=1S/C23H24FN3O4S/c1-31-21-7-4-18-14-17(2-3-19(18)15-21)16-25-23(28)26-10-12-27(13-11-26)32(29,30)22-8-5-20(24)6-9-22/h2-9,14-15H,10-13,16H2,1H3,(H,25,28). The van der Waals surface area contributed by atoms with Crippen LogP contribution in [0.25, 0.3) is 10.8 Å². The summed E-state index contributed by atoms with van der Waals surface area (Å²) in [5.74, 6) is 0.302. The van der Waals surface area contributed by atoms with E-state index in [4.69, 9.17) is 4.74 Å². The molecule has 9 heteroatoms. The summed E-state index contributed by atoms with van der Waals surface area (Å²) in [6.07, 6.45) is 0. The van der Waals surface area contributed by atoms with Gasteiger partial charge in [-0.05, 0) is 58.8 Å². The van der Waals surface area contributed by atoms with Crippen LogP contribution >= 0.6 is 0 Å². The number of nitrogens with zero attached hydrogens (tertiary/aromatic N) is 2. The average Bonchev–Trinajstić information content (AvgIpc) is 2.82. The fraction of sp³-hybridized carbons (Fsp3) is 0.261. The molecule has 0 atom stereocenters. The van der Waals surface area contributed by atoms with Crippen LogP contribution < -0.4 is 10.1 Å². The van der Waals surface area contributed by atoms with Crippen LogP contribution in [0.2, 0.25) is 0 Å². The van der Waals surface area contributed by atoms with Crippen molar-refractivity contribution in [2.24, 2.45) is 0 Å². The fourth-order valence-corrected chi connectivity index (χ4v) is 5.11. The Bertz CT molecular complexity index is 1220. The molecule has 0 spiro atoms. The van der Waals surface area contributed by atoms with E-state index in [9.17, 15) is 17.6 Å². The molecule has 0 saturated carbocycles. The lowest BCUT2D eigenvalue weighted by Crippen LogP contribution is -2.52. The summed E-state index contributed by atoms with van der Waals surface area (Å²) in [7, 11) is -2.08. The van der Waals surface area contributed by atoms with Crippen LogP contribution in [0.4, 0.5) is 9.18 Å². The first-order valence-electron chi connectivity index (χ1n) is 10.2. The number of nitrogens with one attached hydrogen (secondary N) is 1. The Morgan fingerprint density at radius 2 is 1.62 bits per heavy atom. The van der Waals surface area contributed by atoms with Gasteiger partial charge in [0, 0.05) is 32.7 Å². The van der Waals surface area contributed by atoms with Gasteiger partial charge in [-0.25, -0.2) is 17.6 Å². The van der Waals surface area contributed by atoms with E-state index in [1.807, 2.05) is 36.4 Å². The van der Waals surface area contributed by atoms with Gasteiger partial charge in [-0.1, -0.05) is 18.2 Å². The summed E-state index contributed by atoms with van der Waals surface area (Å²) in [6, 6.07) is 16.3. The van der Waals surface area contributed by atoms with E-state index >= 15 is 0 Å². The molecule has 1 heterocycles. The Morgan fingerprint density at radius 1 is 0.969 bits per heavy atom. The van der Waals surface area contributed by atoms with Crippen LogP contribution in [0, 0.1) is 5.82 Å². The number of ether oxygens (including phenoxy) is 1. The highest BCUT2D eigenvalue weighted by atomic mass is 32.2.